The first kappa shape index (κ1) is 19.2. The molecular weight excluding hydrogens is 295 g/mol. The molecule has 0 bridgehead atoms. The number of benzene rings is 1. The van der Waals surface area contributed by atoms with Gasteiger partial charge in [0.25, 0.3) is 0 Å². The average Bonchev–Trinajstić information content (AvgIpc) is 2.40. The van der Waals surface area contributed by atoms with Crippen LogP contribution in [0.4, 0.5) is 0 Å². The van der Waals surface area contributed by atoms with Crippen LogP contribution in [0.25, 0.3) is 0 Å². The molecule has 0 heterocycles. The molecule has 0 fully saturated rings. The molecular formula is C15H24Cl2N2O. The highest BCUT2D eigenvalue weighted by Crippen LogP contribution is 2.13. The number of nitrogens with zero attached hydrogens (tertiary/aromatic N) is 1. The Balaban J connectivity index is 0.00000361. The number of rotatable bonds is 7. The van der Waals surface area contributed by atoms with Crippen LogP contribution in [-0.4, -0.2) is 37.5 Å². The Morgan fingerprint density at radius 1 is 1.35 bits per heavy atom. The lowest BCUT2D eigenvalue weighted by atomic mass is 10.1. The molecule has 114 valence electrons. The second kappa shape index (κ2) is 10.0. The SMILES string of the molecule is CNCCCC(=O)N(C)C(C)Cc1ccc(Cl)cc1.Cl. The zero-order chi connectivity index (χ0) is 14.3. The smallest absolute Gasteiger partial charge is 0.222 e. The van der Waals surface area contributed by atoms with Gasteiger partial charge in [-0.3, -0.25) is 4.79 Å². The number of nitrogens with one attached hydrogen (secondary N) is 1. The van der Waals surface area contributed by atoms with Gasteiger partial charge in [-0.2, -0.15) is 0 Å². The summed E-state index contributed by atoms with van der Waals surface area (Å²) in [6.45, 7) is 2.95. The van der Waals surface area contributed by atoms with Gasteiger partial charge in [0.05, 0.1) is 0 Å². The van der Waals surface area contributed by atoms with Gasteiger partial charge in [-0.05, 0) is 51.1 Å². The Hall–Kier alpha value is -0.770. The molecule has 1 aromatic carbocycles. The monoisotopic (exact) mass is 318 g/mol. The molecule has 1 unspecified atom stereocenters. The van der Waals surface area contributed by atoms with E-state index in [9.17, 15) is 4.79 Å². The van der Waals surface area contributed by atoms with Crippen molar-refractivity contribution in [2.45, 2.75) is 32.2 Å². The Kier molecular flexibility index (Phi) is 9.64. The van der Waals surface area contributed by atoms with Crippen molar-refractivity contribution in [1.82, 2.24) is 10.2 Å². The minimum atomic E-state index is 0. The molecule has 1 N–H and O–H groups in total. The maximum absolute atomic E-state index is 12.0. The van der Waals surface area contributed by atoms with Crippen LogP contribution < -0.4 is 5.32 Å². The molecule has 3 nitrogen and oxygen atoms in total. The van der Waals surface area contributed by atoms with Gasteiger partial charge in [-0.1, -0.05) is 23.7 Å². The first-order valence-corrected chi connectivity index (χ1v) is 7.07. The summed E-state index contributed by atoms with van der Waals surface area (Å²) in [5, 5.41) is 3.80. The van der Waals surface area contributed by atoms with Gasteiger partial charge in [0.2, 0.25) is 5.91 Å². The van der Waals surface area contributed by atoms with Crippen LogP contribution in [-0.2, 0) is 11.2 Å². The van der Waals surface area contributed by atoms with E-state index < -0.39 is 0 Å². The molecule has 0 spiro atoms. The molecule has 1 atom stereocenters. The van der Waals surface area contributed by atoms with E-state index in [2.05, 4.69) is 12.2 Å². The van der Waals surface area contributed by atoms with Crippen molar-refractivity contribution in [3.63, 3.8) is 0 Å². The molecule has 0 aliphatic heterocycles. The predicted octanol–water partition coefficient (Wildman–Crippen LogP) is 3.15. The Bertz CT molecular complexity index is 395. The molecule has 1 aromatic rings. The molecule has 0 saturated heterocycles. The summed E-state index contributed by atoms with van der Waals surface area (Å²) in [4.78, 5) is 13.8. The molecule has 0 radical (unpaired) electrons. The molecule has 1 amide bonds. The van der Waals surface area contributed by atoms with Crippen molar-refractivity contribution in [2.75, 3.05) is 20.6 Å². The van der Waals surface area contributed by atoms with E-state index in [1.54, 1.807) is 0 Å². The lowest BCUT2D eigenvalue weighted by molar-refractivity contribution is -0.131. The number of carbonyl (C=O) groups is 1. The summed E-state index contributed by atoms with van der Waals surface area (Å²) in [5.74, 6) is 0.205. The second-order valence-electron chi connectivity index (χ2n) is 4.89. The standard InChI is InChI=1S/C15H23ClN2O.ClH/c1-12(11-13-6-8-14(16)9-7-13)18(3)15(19)5-4-10-17-2;/h6-9,12,17H,4-5,10-11H2,1-3H3;1H. The fraction of sp³-hybridized carbons (Fsp3) is 0.533. The minimum absolute atomic E-state index is 0. The van der Waals surface area contributed by atoms with Crippen LogP contribution in [0.15, 0.2) is 24.3 Å². The maximum atomic E-state index is 12.0. The Labute approximate surface area is 133 Å². The van der Waals surface area contributed by atoms with Gasteiger partial charge in [0, 0.05) is 24.5 Å². The third kappa shape index (κ3) is 6.60. The van der Waals surface area contributed by atoms with Crippen molar-refractivity contribution in [1.29, 1.82) is 0 Å². The van der Waals surface area contributed by atoms with Crippen LogP contribution >= 0.6 is 24.0 Å². The van der Waals surface area contributed by atoms with Gasteiger partial charge in [-0.15, -0.1) is 12.4 Å². The van der Waals surface area contributed by atoms with Crippen molar-refractivity contribution in [3.05, 3.63) is 34.9 Å². The summed E-state index contributed by atoms with van der Waals surface area (Å²) in [6, 6.07) is 8.00. The molecule has 0 aromatic heterocycles. The first-order valence-electron chi connectivity index (χ1n) is 6.69. The molecule has 0 aliphatic rings. The summed E-state index contributed by atoms with van der Waals surface area (Å²) in [7, 11) is 3.78. The van der Waals surface area contributed by atoms with Crippen LogP contribution in [0.3, 0.4) is 0 Å². The minimum Gasteiger partial charge on any atom is -0.343 e. The third-order valence-electron chi connectivity index (χ3n) is 3.32. The normalized spacial score (nSPS) is 11.6. The maximum Gasteiger partial charge on any atom is 0.222 e. The van der Waals surface area contributed by atoms with E-state index >= 15 is 0 Å². The highest BCUT2D eigenvalue weighted by atomic mass is 35.5. The quantitative estimate of drug-likeness (QED) is 0.783. The van der Waals surface area contributed by atoms with Gasteiger partial charge in [0.15, 0.2) is 0 Å². The third-order valence-corrected chi connectivity index (χ3v) is 3.57. The van der Waals surface area contributed by atoms with E-state index in [0.717, 1.165) is 24.4 Å². The largest absolute Gasteiger partial charge is 0.343 e. The van der Waals surface area contributed by atoms with E-state index in [1.165, 1.54) is 5.56 Å². The summed E-state index contributed by atoms with van der Waals surface area (Å²) in [6.07, 6.45) is 2.33. The van der Waals surface area contributed by atoms with Crippen molar-refractivity contribution in [2.24, 2.45) is 0 Å². The van der Waals surface area contributed by atoms with Gasteiger partial charge in [0.1, 0.15) is 0 Å². The number of halogens is 2. The lowest BCUT2D eigenvalue weighted by Crippen LogP contribution is -2.36. The number of hydrogen-bond donors (Lipinski definition) is 1. The molecule has 0 saturated carbocycles. The summed E-state index contributed by atoms with van der Waals surface area (Å²) in [5.41, 5.74) is 1.20. The molecule has 20 heavy (non-hydrogen) atoms. The van der Waals surface area contributed by atoms with Crippen molar-refractivity contribution >= 4 is 29.9 Å². The van der Waals surface area contributed by atoms with E-state index in [4.69, 9.17) is 11.6 Å². The Morgan fingerprint density at radius 3 is 2.50 bits per heavy atom. The van der Waals surface area contributed by atoms with Gasteiger partial charge in [-0.25, -0.2) is 0 Å². The predicted molar refractivity (Wildman–Crippen MR) is 87.8 cm³/mol. The van der Waals surface area contributed by atoms with Crippen molar-refractivity contribution < 1.29 is 4.79 Å². The molecule has 1 rings (SSSR count). The van der Waals surface area contributed by atoms with Crippen LogP contribution in [0, 0.1) is 0 Å². The highest BCUT2D eigenvalue weighted by molar-refractivity contribution is 6.30. The number of amides is 1. The average molecular weight is 319 g/mol. The Morgan fingerprint density at radius 2 is 1.95 bits per heavy atom. The van der Waals surface area contributed by atoms with Crippen LogP contribution in [0.5, 0.6) is 0 Å². The summed E-state index contributed by atoms with van der Waals surface area (Å²) < 4.78 is 0. The zero-order valence-corrected chi connectivity index (χ0v) is 13.9. The lowest BCUT2D eigenvalue weighted by Gasteiger charge is -2.25. The van der Waals surface area contributed by atoms with Gasteiger partial charge >= 0.3 is 0 Å². The first-order chi connectivity index (χ1) is 9.04. The fourth-order valence-electron chi connectivity index (χ4n) is 1.94. The van der Waals surface area contributed by atoms with E-state index in [1.807, 2.05) is 43.3 Å². The fourth-order valence-corrected chi connectivity index (χ4v) is 2.06. The van der Waals surface area contributed by atoms with Gasteiger partial charge < -0.3 is 10.2 Å². The molecule has 0 aliphatic carbocycles. The van der Waals surface area contributed by atoms with Crippen LogP contribution in [0.2, 0.25) is 5.02 Å². The zero-order valence-electron chi connectivity index (χ0n) is 12.4. The second-order valence-corrected chi connectivity index (χ2v) is 5.33. The number of likely N-dealkylation sites (N-methyl/N-ethyl adjacent to an activating group) is 1. The van der Waals surface area contributed by atoms with E-state index in [0.29, 0.717) is 6.42 Å². The van der Waals surface area contributed by atoms with Crippen molar-refractivity contribution in [3.8, 4) is 0 Å². The molecule has 5 heteroatoms. The van der Waals surface area contributed by atoms with Crippen LogP contribution in [0.1, 0.15) is 25.3 Å². The van der Waals surface area contributed by atoms with E-state index in [-0.39, 0.29) is 24.4 Å². The number of hydrogen-bond acceptors (Lipinski definition) is 2. The highest BCUT2D eigenvalue weighted by Gasteiger charge is 2.15. The summed E-state index contributed by atoms with van der Waals surface area (Å²) >= 11 is 5.86. The number of carbonyl (C=O) groups excluding carboxylic acids is 1. The topological polar surface area (TPSA) is 32.3 Å².